The van der Waals surface area contributed by atoms with Gasteiger partial charge in [-0.15, -0.1) is 0 Å². The molecule has 11 heteroatoms. The molecule has 0 saturated heterocycles. The number of amides is 1. The fraction of sp³-hybridized carbons (Fsp3) is 0.500. The molecule has 0 aliphatic carbocycles. The minimum atomic E-state index is -2.20. The van der Waals surface area contributed by atoms with E-state index in [-0.39, 0.29) is 31.6 Å². The molecule has 0 bridgehead atoms. The Hall–Kier alpha value is -3.05. The van der Waals surface area contributed by atoms with Gasteiger partial charge in [-0.1, -0.05) is 49.6 Å². The minimum absolute atomic E-state index is 0.0573. The zero-order valence-corrected chi connectivity index (χ0v) is 22.2. The highest BCUT2D eigenvalue weighted by Gasteiger charge is 2.25. The number of hydrogen-bond acceptors (Lipinski definition) is 5. The third-order valence-corrected chi connectivity index (χ3v) is 5.85. The average Bonchev–Trinajstić information content (AvgIpc) is 2.90. The van der Waals surface area contributed by atoms with E-state index in [0.29, 0.717) is 32.2 Å². The molecule has 216 valence electrons. The number of hydrogen-bond donors (Lipinski definition) is 1. The predicted octanol–water partition coefficient (Wildman–Crippen LogP) is 5.42. The molecule has 0 radical (unpaired) electrons. The number of likely N-dealkylation sites (N-methyl/N-ethyl adjacent to an activating group) is 1. The van der Waals surface area contributed by atoms with Crippen LogP contribution in [0, 0.1) is 29.1 Å². The third kappa shape index (κ3) is 11.3. The van der Waals surface area contributed by atoms with E-state index in [4.69, 9.17) is 9.47 Å². The lowest BCUT2D eigenvalue weighted by Gasteiger charge is -2.22. The van der Waals surface area contributed by atoms with Crippen molar-refractivity contribution in [1.29, 1.82) is 0 Å². The summed E-state index contributed by atoms with van der Waals surface area (Å²) in [5.41, 5.74) is -0.110. The van der Waals surface area contributed by atoms with E-state index in [0.717, 1.165) is 18.4 Å². The number of ether oxygens (including phenoxy) is 2. The maximum Gasteiger partial charge on any atom is 0.308 e. The van der Waals surface area contributed by atoms with Crippen LogP contribution in [0.3, 0.4) is 0 Å². The number of nitrogens with zero attached hydrogens (tertiary/aromatic N) is 1. The maximum atomic E-state index is 13.6. The van der Waals surface area contributed by atoms with E-state index in [1.54, 1.807) is 0 Å². The summed E-state index contributed by atoms with van der Waals surface area (Å²) in [5.74, 6) is -10.5. The second-order valence-electron chi connectivity index (χ2n) is 9.50. The van der Waals surface area contributed by atoms with Crippen LogP contribution in [0.15, 0.2) is 30.3 Å². The van der Waals surface area contributed by atoms with Crippen molar-refractivity contribution in [2.45, 2.75) is 64.2 Å². The van der Waals surface area contributed by atoms with Crippen molar-refractivity contribution in [3.8, 4) is 0 Å². The highest BCUT2D eigenvalue weighted by atomic mass is 19.2. The SMILES string of the molecule is CN(C)C[C@@H](CC(=O)OCc1ccccc1)NC(=O)CCCCCCCOCc1c(F)c(F)c(F)c(F)c1F. The predicted molar refractivity (Wildman–Crippen MR) is 135 cm³/mol. The molecule has 0 saturated carbocycles. The zero-order valence-electron chi connectivity index (χ0n) is 22.2. The van der Waals surface area contributed by atoms with Crippen molar-refractivity contribution in [1.82, 2.24) is 10.2 Å². The van der Waals surface area contributed by atoms with Crippen LogP contribution < -0.4 is 5.32 Å². The van der Waals surface area contributed by atoms with Gasteiger partial charge in [-0.2, -0.15) is 0 Å². The van der Waals surface area contributed by atoms with Crippen molar-refractivity contribution in [2.24, 2.45) is 0 Å². The van der Waals surface area contributed by atoms with Crippen molar-refractivity contribution < 1.29 is 41.0 Å². The molecule has 2 rings (SSSR count). The average molecular weight is 559 g/mol. The van der Waals surface area contributed by atoms with Crippen molar-refractivity contribution in [3.63, 3.8) is 0 Å². The van der Waals surface area contributed by atoms with Gasteiger partial charge in [0, 0.05) is 19.6 Å². The number of rotatable bonds is 17. The van der Waals surface area contributed by atoms with Gasteiger partial charge in [0.1, 0.15) is 6.61 Å². The second-order valence-corrected chi connectivity index (χ2v) is 9.50. The fourth-order valence-electron chi connectivity index (χ4n) is 3.87. The molecule has 0 aliphatic heterocycles. The number of carbonyl (C=O) groups is 2. The Morgan fingerprint density at radius 1 is 0.821 bits per heavy atom. The lowest BCUT2D eigenvalue weighted by atomic mass is 10.1. The summed E-state index contributed by atoms with van der Waals surface area (Å²) in [5, 5.41) is 2.89. The molecule has 1 atom stereocenters. The maximum absolute atomic E-state index is 13.6. The standard InChI is InChI=1S/C28H35F5N2O4/c1-35(2)16-20(15-23(37)39-17-19-11-7-6-8-12-19)34-22(36)13-9-4-3-5-10-14-38-18-21-24(29)26(31)28(33)27(32)25(21)30/h6-8,11-12,20H,3-5,9-10,13-18H2,1-2H3,(H,34,36)/t20-/m1/s1. The molecule has 39 heavy (non-hydrogen) atoms. The number of benzene rings is 2. The van der Waals surface area contributed by atoms with Crippen molar-refractivity contribution >= 4 is 11.9 Å². The summed E-state index contributed by atoms with van der Waals surface area (Å²) in [6.45, 7) is 0.0219. The number of esters is 1. The Labute approximate surface area is 225 Å². The highest BCUT2D eigenvalue weighted by Crippen LogP contribution is 2.23. The first-order valence-electron chi connectivity index (χ1n) is 12.8. The molecular formula is C28H35F5N2O4. The molecular weight excluding hydrogens is 523 g/mol. The molecule has 2 aromatic carbocycles. The number of carbonyl (C=O) groups excluding carboxylic acids is 2. The quantitative estimate of drug-likeness (QED) is 0.0924. The van der Waals surface area contributed by atoms with Gasteiger partial charge in [0.25, 0.3) is 0 Å². The van der Waals surface area contributed by atoms with Gasteiger partial charge < -0.3 is 19.7 Å². The van der Waals surface area contributed by atoms with E-state index < -0.39 is 47.2 Å². The summed E-state index contributed by atoms with van der Waals surface area (Å²) in [6, 6.07) is 8.94. The lowest BCUT2D eigenvalue weighted by Crippen LogP contribution is -2.43. The topological polar surface area (TPSA) is 67.9 Å². The Bertz CT molecular complexity index is 1040. The Morgan fingerprint density at radius 3 is 2.05 bits per heavy atom. The summed E-state index contributed by atoms with van der Waals surface area (Å²) in [4.78, 5) is 26.5. The molecule has 0 fully saturated rings. The molecule has 1 amide bonds. The van der Waals surface area contributed by atoms with Crippen molar-refractivity contribution in [3.05, 3.63) is 70.5 Å². The molecule has 0 aromatic heterocycles. The smallest absolute Gasteiger partial charge is 0.308 e. The first-order valence-corrected chi connectivity index (χ1v) is 12.8. The highest BCUT2D eigenvalue weighted by molar-refractivity contribution is 5.77. The molecule has 2 aromatic rings. The molecule has 1 N–H and O–H groups in total. The molecule has 0 heterocycles. The normalized spacial score (nSPS) is 12.0. The van der Waals surface area contributed by atoms with Gasteiger partial charge >= 0.3 is 5.97 Å². The van der Waals surface area contributed by atoms with Crippen LogP contribution in [-0.4, -0.2) is 50.1 Å². The van der Waals surface area contributed by atoms with Gasteiger partial charge in [0.15, 0.2) is 23.3 Å². The van der Waals surface area contributed by atoms with Crippen LogP contribution in [-0.2, 0) is 32.3 Å². The number of nitrogens with one attached hydrogen (secondary N) is 1. The monoisotopic (exact) mass is 558 g/mol. The summed E-state index contributed by atoms with van der Waals surface area (Å²) in [6.07, 6.45) is 3.73. The lowest BCUT2D eigenvalue weighted by molar-refractivity contribution is -0.145. The molecule has 0 spiro atoms. The van der Waals surface area contributed by atoms with Gasteiger partial charge in [0.05, 0.1) is 24.6 Å². The van der Waals surface area contributed by atoms with Gasteiger partial charge in [-0.05, 0) is 32.5 Å². The largest absolute Gasteiger partial charge is 0.461 e. The third-order valence-electron chi connectivity index (χ3n) is 5.85. The summed E-state index contributed by atoms with van der Waals surface area (Å²) in [7, 11) is 3.70. The van der Waals surface area contributed by atoms with E-state index in [2.05, 4.69) is 5.32 Å². The zero-order chi connectivity index (χ0) is 28.8. The van der Waals surface area contributed by atoms with E-state index in [1.807, 2.05) is 49.3 Å². The molecule has 6 nitrogen and oxygen atoms in total. The van der Waals surface area contributed by atoms with Crippen molar-refractivity contribution in [2.75, 3.05) is 27.2 Å². The van der Waals surface area contributed by atoms with Crippen LogP contribution in [0.5, 0.6) is 0 Å². The molecule has 0 aliphatic rings. The Kier molecular flexibility index (Phi) is 13.9. The van der Waals surface area contributed by atoms with Crippen LogP contribution >= 0.6 is 0 Å². The Morgan fingerprint density at radius 2 is 1.41 bits per heavy atom. The summed E-state index contributed by atoms with van der Waals surface area (Å²) >= 11 is 0. The second kappa shape index (κ2) is 16.8. The minimum Gasteiger partial charge on any atom is -0.461 e. The van der Waals surface area contributed by atoms with Gasteiger partial charge in [-0.25, -0.2) is 22.0 Å². The number of unbranched alkanes of at least 4 members (excludes halogenated alkanes) is 4. The van der Waals surface area contributed by atoms with Gasteiger partial charge in [-0.3, -0.25) is 9.59 Å². The first-order chi connectivity index (χ1) is 18.6. The van der Waals surface area contributed by atoms with E-state index >= 15 is 0 Å². The number of halogens is 5. The van der Waals surface area contributed by atoms with Crippen LogP contribution in [0.25, 0.3) is 0 Å². The van der Waals surface area contributed by atoms with Crippen LogP contribution in [0.1, 0.15) is 56.1 Å². The Balaban J connectivity index is 1.61. The van der Waals surface area contributed by atoms with E-state index in [1.165, 1.54) is 0 Å². The fourth-order valence-corrected chi connectivity index (χ4v) is 3.87. The van der Waals surface area contributed by atoms with E-state index in [9.17, 15) is 31.5 Å². The first kappa shape index (κ1) is 32.2. The summed E-state index contributed by atoms with van der Waals surface area (Å²) < 4.78 is 77.1. The van der Waals surface area contributed by atoms with Gasteiger partial charge in [0.2, 0.25) is 11.7 Å². The van der Waals surface area contributed by atoms with Crippen LogP contribution in [0.2, 0.25) is 0 Å². The molecule has 0 unspecified atom stereocenters. The van der Waals surface area contributed by atoms with Crippen LogP contribution in [0.4, 0.5) is 22.0 Å².